The van der Waals surface area contributed by atoms with Gasteiger partial charge in [-0.3, -0.25) is 0 Å². The van der Waals surface area contributed by atoms with Gasteiger partial charge in [-0.1, -0.05) is 12.2 Å². The minimum atomic E-state index is -1.57. The van der Waals surface area contributed by atoms with Gasteiger partial charge >= 0.3 is 11.9 Å². The summed E-state index contributed by atoms with van der Waals surface area (Å²) in [6.07, 6.45) is 1.51. The number of carbonyl (C=O) groups excluding carboxylic acids is 2. The van der Waals surface area contributed by atoms with E-state index in [1.807, 2.05) is 0 Å². The Kier molecular flexibility index (Phi) is 14.3. The van der Waals surface area contributed by atoms with Crippen molar-refractivity contribution in [2.75, 3.05) is 13.2 Å². The van der Waals surface area contributed by atoms with Crippen LogP contribution in [0.5, 0.6) is 23.0 Å². The topological polar surface area (TPSA) is 107 Å². The maximum atomic E-state index is 14.6. The van der Waals surface area contributed by atoms with Crippen molar-refractivity contribution in [2.45, 2.75) is 30.6 Å². The van der Waals surface area contributed by atoms with Crippen LogP contribution in [0.3, 0.4) is 0 Å². The zero-order valence-corrected chi connectivity index (χ0v) is 28.9. The molecular weight excluding hydrogens is 773 g/mol. The van der Waals surface area contributed by atoms with Crippen LogP contribution >= 0.6 is 24.0 Å². The predicted octanol–water partition coefficient (Wildman–Crippen LogP) is 10.1. The molecule has 8 nitrogen and oxygen atoms in total. The number of aliphatic imine (C=N–C) groups is 1. The Morgan fingerprint density at radius 1 is 0.648 bits per heavy atom. The van der Waals surface area contributed by atoms with Gasteiger partial charge < -0.3 is 18.9 Å². The number of allylic oxidation sites excluding steroid dienone is 1. The summed E-state index contributed by atoms with van der Waals surface area (Å²) in [6.45, 7) is 3.87. The Bertz CT molecular complexity index is 2120. The summed E-state index contributed by atoms with van der Waals surface area (Å²) in [7, 11) is 0. The lowest BCUT2D eigenvalue weighted by atomic mass is 10.1. The monoisotopic (exact) mass is 794 g/mol. The zero-order chi connectivity index (χ0) is 39.5. The number of hydrogen-bond acceptors (Lipinski definition) is 10. The second-order valence-electron chi connectivity index (χ2n) is 10.8. The average Bonchev–Trinajstić information content (AvgIpc) is 3.08. The van der Waals surface area contributed by atoms with Crippen molar-refractivity contribution >= 4 is 46.8 Å². The number of ether oxygens (including phenoxy) is 4. The Hall–Kier alpha value is -5.76. The van der Waals surface area contributed by atoms with Crippen molar-refractivity contribution in [3.8, 4) is 28.4 Å². The van der Waals surface area contributed by atoms with Crippen LogP contribution in [0.1, 0.15) is 46.4 Å². The fourth-order valence-corrected chi connectivity index (χ4v) is 5.11. The number of thiocarbonyl (C=S) groups is 1. The maximum absolute atomic E-state index is 14.6. The first kappa shape index (κ1) is 41.0. The third-order valence-corrected chi connectivity index (χ3v) is 7.79. The van der Waals surface area contributed by atoms with Gasteiger partial charge in [-0.25, -0.2) is 44.7 Å². The third kappa shape index (κ3) is 10.7. The Labute approximate surface area is 310 Å². The van der Waals surface area contributed by atoms with Crippen LogP contribution in [0.15, 0.2) is 70.6 Å². The Morgan fingerprint density at radius 3 is 1.39 bits per heavy atom. The lowest BCUT2D eigenvalue weighted by Gasteiger charge is -2.12. The number of carbonyl (C=O) groups is 2. The first-order valence-corrected chi connectivity index (χ1v) is 16.4. The molecule has 0 saturated carbocycles. The van der Waals surface area contributed by atoms with Gasteiger partial charge in [0.05, 0.1) is 23.3 Å². The van der Waals surface area contributed by atoms with Crippen LogP contribution in [0.2, 0.25) is 0 Å². The quantitative estimate of drug-likeness (QED) is 0.0126. The van der Waals surface area contributed by atoms with Crippen molar-refractivity contribution < 1.29 is 63.7 Å². The average molecular weight is 795 g/mol. The van der Waals surface area contributed by atoms with E-state index in [1.54, 1.807) is 5.16 Å². The molecule has 0 heterocycles. The molecule has 0 aliphatic carbocycles. The van der Waals surface area contributed by atoms with E-state index in [2.05, 4.69) is 23.8 Å². The van der Waals surface area contributed by atoms with Crippen LogP contribution in [0, 0.1) is 57.2 Å². The van der Waals surface area contributed by atoms with Gasteiger partial charge in [0.25, 0.3) is 0 Å². The molecule has 0 amide bonds. The molecular formula is C36H22F8N2O6S2. The van der Waals surface area contributed by atoms with Crippen molar-refractivity contribution in [3.05, 3.63) is 118 Å². The highest BCUT2D eigenvalue weighted by atomic mass is 32.2. The molecule has 0 aliphatic heterocycles. The van der Waals surface area contributed by atoms with E-state index in [4.69, 9.17) is 24.2 Å². The molecule has 18 heteroatoms. The molecule has 0 atom stereocenters. The third-order valence-electron chi connectivity index (χ3n) is 7.01. The van der Waals surface area contributed by atoms with Gasteiger partial charge in [0.2, 0.25) is 0 Å². The van der Waals surface area contributed by atoms with E-state index >= 15 is 0 Å². The minimum Gasteiger partial charge on any atom is -0.493 e. The molecule has 4 aromatic carbocycles. The molecule has 0 aliphatic rings. The van der Waals surface area contributed by atoms with E-state index in [1.165, 1.54) is 5.40 Å². The fourth-order valence-electron chi connectivity index (χ4n) is 4.61. The van der Waals surface area contributed by atoms with E-state index in [9.17, 15) is 44.7 Å². The van der Waals surface area contributed by atoms with E-state index in [0.717, 1.165) is 29.8 Å². The van der Waals surface area contributed by atoms with Crippen LogP contribution < -0.4 is 18.9 Å². The molecule has 0 aromatic heterocycles. The predicted molar refractivity (Wildman–Crippen MR) is 180 cm³/mol. The van der Waals surface area contributed by atoms with Gasteiger partial charge in [0.15, 0.2) is 11.6 Å². The summed E-state index contributed by atoms with van der Waals surface area (Å²) in [5.74, 6) is -15.4. The van der Waals surface area contributed by atoms with Crippen molar-refractivity contribution in [2.24, 2.45) is 4.99 Å². The number of nitriles is 1. The minimum absolute atomic E-state index is 0.0178. The second-order valence-corrected chi connectivity index (χ2v) is 11.8. The molecule has 0 spiro atoms. The summed E-state index contributed by atoms with van der Waals surface area (Å²) in [6, 6.07) is 5.21. The highest BCUT2D eigenvalue weighted by Gasteiger charge is 2.24. The van der Waals surface area contributed by atoms with Gasteiger partial charge in [0.1, 0.15) is 80.1 Å². The number of nitrogens with zero attached hydrogens (tertiary/aromatic N) is 2. The molecule has 0 bridgehead atoms. The van der Waals surface area contributed by atoms with Crippen molar-refractivity contribution in [1.29, 1.82) is 5.26 Å². The molecule has 0 N–H and O–H groups in total. The summed E-state index contributed by atoms with van der Waals surface area (Å²) >= 11 is 4.49. The molecule has 280 valence electrons. The van der Waals surface area contributed by atoms with E-state index in [-0.39, 0.29) is 36.5 Å². The molecule has 0 fully saturated rings. The number of esters is 2. The molecule has 0 radical (unpaired) electrons. The van der Waals surface area contributed by atoms with Gasteiger partial charge in [-0.15, -0.1) is 0 Å². The molecule has 54 heavy (non-hydrogen) atoms. The zero-order valence-electron chi connectivity index (χ0n) is 27.3. The van der Waals surface area contributed by atoms with Crippen molar-refractivity contribution in [1.82, 2.24) is 0 Å². The van der Waals surface area contributed by atoms with Crippen LogP contribution in [-0.4, -0.2) is 30.3 Å². The largest absolute Gasteiger partial charge is 0.493 e. The first-order chi connectivity index (χ1) is 25.7. The summed E-state index contributed by atoms with van der Waals surface area (Å²) in [5, 5.41) is 11.9. The Morgan fingerprint density at radius 2 is 1.02 bits per heavy atom. The standard InChI is InChI=1S/C36H22F8N2O6S2/c1-18(4-2-6-49-19-8-23(37)31(24(38)9-19)35(47)51-21-12-27(41)33(46-17-53)28(42)13-21)5-3-7-50-20-10-25(39)32(26(40)11-20)36(48)52-22-14-29(43)34(54-16-45)30(44)15-22/h8-15H,1-7H2. The highest BCUT2D eigenvalue weighted by molar-refractivity contribution is 8.03. The molecule has 0 saturated heterocycles. The number of thiocyanates is 1. The Balaban J connectivity index is 1.20. The lowest BCUT2D eigenvalue weighted by molar-refractivity contribution is 0.0712. The number of thioether (sulfide) groups is 1. The van der Waals surface area contributed by atoms with E-state index in [0.29, 0.717) is 49.9 Å². The maximum Gasteiger partial charge on any atom is 0.349 e. The molecule has 0 unspecified atom stereocenters. The fraction of sp³-hybridized carbons (Fsp3) is 0.167. The number of isothiocyanates is 1. The molecule has 4 rings (SSSR count). The SMILES string of the molecule is C=C(CCCOc1cc(F)c(C(=O)Oc2cc(F)c(N=C=S)c(F)c2)c(F)c1)CCCOc1cc(F)c(C(=O)Oc2cc(F)c(SC#N)c(F)c2)c(F)c1. The van der Waals surface area contributed by atoms with Gasteiger partial charge in [-0.2, -0.15) is 10.3 Å². The van der Waals surface area contributed by atoms with Crippen LogP contribution in [0.25, 0.3) is 0 Å². The van der Waals surface area contributed by atoms with Crippen LogP contribution in [0.4, 0.5) is 40.8 Å². The number of hydrogen-bond donors (Lipinski definition) is 0. The summed E-state index contributed by atoms with van der Waals surface area (Å²) in [4.78, 5) is 27.3. The lowest BCUT2D eigenvalue weighted by Crippen LogP contribution is -2.14. The summed E-state index contributed by atoms with van der Waals surface area (Å²) in [5.41, 5.74) is -2.34. The molecule has 4 aromatic rings. The number of halogens is 8. The normalized spacial score (nSPS) is 10.6. The van der Waals surface area contributed by atoms with Gasteiger partial charge in [0, 0.05) is 48.5 Å². The smallest absolute Gasteiger partial charge is 0.349 e. The number of rotatable bonds is 16. The van der Waals surface area contributed by atoms with Gasteiger partial charge in [-0.05, 0) is 49.7 Å². The summed E-state index contributed by atoms with van der Waals surface area (Å²) < 4.78 is 135. The highest BCUT2D eigenvalue weighted by Crippen LogP contribution is 2.31. The van der Waals surface area contributed by atoms with Crippen LogP contribution in [-0.2, 0) is 0 Å². The second kappa shape index (κ2) is 18.8. The van der Waals surface area contributed by atoms with E-state index < -0.39 is 91.7 Å². The number of benzene rings is 4. The van der Waals surface area contributed by atoms with Crippen molar-refractivity contribution in [3.63, 3.8) is 0 Å². The first-order valence-electron chi connectivity index (χ1n) is 15.2.